The molecule has 0 atom stereocenters. The molecule has 0 aliphatic carbocycles. The SMILES string of the molecule is NCCN(Cc1ccccc1)C(=O)c1cnc2ccc(F)cc2c1. The molecule has 0 spiro atoms. The number of pyridine rings is 1. The summed E-state index contributed by atoms with van der Waals surface area (Å²) in [5.41, 5.74) is 7.76. The van der Waals surface area contributed by atoms with E-state index in [1.54, 1.807) is 17.0 Å². The van der Waals surface area contributed by atoms with E-state index < -0.39 is 0 Å². The van der Waals surface area contributed by atoms with Crippen molar-refractivity contribution in [3.05, 3.63) is 77.7 Å². The Morgan fingerprint density at radius 1 is 1.12 bits per heavy atom. The lowest BCUT2D eigenvalue weighted by Gasteiger charge is -2.22. The first-order valence-corrected chi connectivity index (χ1v) is 7.76. The van der Waals surface area contributed by atoms with E-state index in [1.165, 1.54) is 18.3 Å². The van der Waals surface area contributed by atoms with E-state index in [0.717, 1.165) is 5.56 Å². The number of carbonyl (C=O) groups excluding carboxylic acids is 1. The number of rotatable bonds is 5. The number of fused-ring (bicyclic) bond motifs is 1. The van der Waals surface area contributed by atoms with Crippen molar-refractivity contribution in [3.8, 4) is 0 Å². The molecule has 4 nitrogen and oxygen atoms in total. The summed E-state index contributed by atoms with van der Waals surface area (Å²) in [6.45, 7) is 1.28. The van der Waals surface area contributed by atoms with Crippen molar-refractivity contribution in [2.75, 3.05) is 13.1 Å². The van der Waals surface area contributed by atoms with Crippen LogP contribution in [0.1, 0.15) is 15.9 Å². The van der Waals surface area contributed by atoms with Crippen LogP contribution in [0.3, 0.4) is 0 Å². The van der Waals surface area contributed by atoms with E-state index in [4.69, 9.17) is 5.73 Å². The van der Waals surface area contributed by atoms with Crippen molar-refractivity contribution >= 4 is 16.8 Å². The van der Waals surface area contributed by atoms with Gasteiger partial charge in [-0.1, -0.05) is 30.3 Å². The molecule has 1 amide bonds. The molecule has 0 saturated heterocycles. The minimum absolute atomic E-state index is 0.164. The zero-order chi connectivity index (χ0) is 16.9. The summed E-state index contributed by atoms with van der Waals surface area (Å²) in [6, 6.07) is 15.7. The predicted octanol–water partition coefficient (Wildman–Crippen LogP) is 2.98. The molecular weight excluding hydrogens is 305 g/mol. The number of benzene rings is 2. The molecule has 0 aliphatic rings. The Morgan fingerprint density at radius 2 is 1.92 bits per heavy atom. The fraction of sp³-hybridized carbons (Fsp3) is 0.158. The minimum atomic E-state index is -0.350. The Morgan fingerprint density at radius 3 is 2.67 bits per heavy atom. The highest BCUT2D eigenvalue weighted by atomic mass is 19.1. The monoisotopic (exact) mass is 323 g/mol. The maximum absolute atomic E-state index is 13.4. The number of hydrogen-bond donors (Lipinski definition) is 1. The quantitative estimate of drug-likeness (QED) is 0.785. The van der Waals surface area contributed by atoms with E-state index >= 15 is 0 Å². The Labute approximate surface area is 139 Å². The maximum Gasteiger partial charge on any atom is 0.255 e. The van der Waals surface area contributed by atoms with Gasteiger partial charge < -0.3 is 10.6 Å². The summed E-state index contributed by atoms with van der Waals surface area (Å²) >= 11 is 0. The van der Waals surface area contributed by atoms with E-state index in [0.29, 0.717) is 36.1 Å². The predicted molar refractivity (Wildman–Crippen MR) is 91.9 cm³/mol. The molecule has 0 unspecified atom stereocenters. The number of nitrogens with zero attached hydrogens (tertiary/aromatic N) is 2. The smallest absolute Gasteiger partial charge is 0.255 e. The van der Waals surface area contributed by atoms with Gasteiger partial charge in [-0.05, 0) is 29.8 Å². The molecule has 1 heterocycles. The largest absolute Gasteiger partial charge is 0.333 e. The lowest BCUT2D eigenvalue weighted by molar-refractivity contribution is 0.0748. The average Bonchev–Trinajstić information content (AvgIpc) is 2.61. The van der Waals surface area contributed by atoms with E-state index in [2.05, 4.69) is 4.98 Å². The molecule has 2 aromatic carbocycles. The van der Waals surface area contributed by atoms with Crippen molar-refractivity contribution in [3.63, 3.8) is 0 Å². The summed E-state index contributed by atoms with van der Waals surface area (Å²) in [6.07, 6.45) is 1.52. The van der Waals surface area contributed by atoms with Crippen molar-refractivity contribution in [2.45, 2.75) is 6.54 Å². The fourth-order valence-electron chi connectivity index (χ4n) is 2.61. The molecule has 3 rings (SSSR count). The van der Waals surface area contributed by atoms with Crippen LogP contribution < -0.4 is 5.73 Å². The zero-order valence-electron chi connectivity index (χ0n) is 13.2. The maximum atomic E-state index is 13.4. The molecule has 0 aliphatic heterocycles. The summed E-state index contributed by atoms with van der Waals surface area (Å²) < 4.78 is 13.4. The van der Waals surface area contributed by atoms with Gasteiger partial charge in [-0.25, -0.2) is 4.39 Å². The van der Waals surface area contributed by atoms with Crippen molar-refractivity contribution in [1.29, 1.82) is 0 Å². The van der Waals surface area contributed by atoms with Gasteiger partial charge in [0.2, 0.25) is 0 Å². The second-order valence-corrected chi connectivity index (χ2v) is 5.56. The molecule has 5 heteroatoms. The second kappa shape index (κ2) is 7.19. The lowest BCUT2D eigenvalue weighted by atomic mass is 10.1. The number of carbonyl (C=O) groups is 1. The molecule has 1 aromatic heterocycles. The molecule has 122 valence electrons. The van der Waals surface area contributed by atoms with Gasteiger partial charge in [0.05, 0.1) is 11.1 Å². The average molecular weight is 323 g/mol. The first kappa shape index (κ1) is 16.1. The third-order valence-electron chi connectivity index (χ3n) is 3.79. The van der Waals surface area contributed by atoms with Gasteiger partial charge in [0.1, 0.15) is 5.82 Å². The first-order chi connectivity index (χ1) is 11.7. The third-order valence-corrected chi connectivity index (χ3v) is 3.79. The van der Waals surface area contributed by atoms with Crippen LogP contribution in [0.15, 0.2) is 60.8 Å². The lowest BCUT2D eigenvalue weighted by Crippen LogP contribution is -2.35. The van der Waals surface area contributed by atoms with E-state index in [-0.39, 0.29) is 11.7 Å². The normalized spacial score (nSPS) is 10.8. The summed E-state index contributed by atoms with van der Waals surface area (Å²) in [4.78, 5) is 18.7. The highest BCUT2D eigenvalue weighted by Crippen LogP contribution is 2.17. The summed E-state index contributed by atoms with van der Waals surface area (Å²) in [7, 11) is 0. The molecule has 3 aromatic rings. The third kappa shape index (κ3) is 3.58. The van der Waals surface area contributed by atoms with Crippen LogP contribution in [0.4, 0.5) is 4.39 Å². The molecule has 0 saturated carbocycles. The van der Waals surface area contributed by atoms with E-state index in [1.807, 2.05) is 30.3 Å². The van der Waals surface area contributed by atoms with Gasteiger partial charge in [-0.3, -0.25) is 9.78 Å². The van der Waals surface area contributed by atoms with Crippen LogP contribution in [0.2, 0.25) is 0 Å². The number of nitrogens with two attached hydrogens (primary N) is 1. The Hall–Kier alpha value is -2.79. The van der Waals surface area contributed by atoms with Crippen molar-refractivity contribution in [2.24, 2.45) is 5.73 Å². The van der Waals surface area contributed by atoms with Gasteiger partial charge in [-0.15, -0.1) is 0 Å². The molecule has 0 bridgehead atoms. The van der Waals surface area contributed by atoms with Crippen LogP contribution in [0, 0.1) is 5.82 Å². The topological polar surface area (TPSA) is 59.2 Å². The molecule has 24 heavy (non-hydrogen) atoms. The number of hydrogen-bond acceptors (Lipinski definition) is 3. The molecular formula is C19H18FN3O. The van der Waals surface area contributed by atoms with Crippen molar-refractivity contribution < 1.29 is 9.18 Å². The first-order valence-electron chi connectivity index (χ1n) is 7.76. The number of amides is 1. The molecule has 0 fully saturated rings. The number of halogens is 1. The van der Waals surface area contributed by atoms with Crippen LogP contribution in [-0.4, -0.2) is 28.9 Å². The molecule has 0 radical (unpaired) electrons. The van der Waals surface area contributed by atoms with Gasteiger partial charge in [0, 0.05) is 31.2 Å². The summed E-state index contributed by atoms with van der Waals surface area (Å²) in [5, 5.41) is 0.605. The van der Waals surface area contributed by atoms with Crippen LogP contribution in [-0.2, 0) is 6.54 Å². The minimum Gasteiger partial charge on any atom is -0.333 e. The van der Waals surface area contributed by atoms with E-state index in [9.17, 15) is 9.18 Å². The Bertz CT molecular complexity index is 852. The highest BCUT2D eigenvalue weighted by molar-refractivity contribution is 5.97. The van der Waals surface area contributed by atoms with Gasteiger partial charge in [0.25, 0.3) is 5.91 Å². The standard InChI is InChI=1S/C19H18FN3O/c20-17-6-7-18-15(11-17)10-16(12-22-18)19(24)23(9-8-21)13-14-4-2-1-3-5-14/h1-7,10-12H,8-9,13,21H2. The molecule has 2 N–H and O–H groups in total. The highest BCUT2D eigenvalue weighted by Gasteiger charge is 2.16. The Balaban J connectivity index is 1.89. The fourth-order valence-corrected chi connectivity index (χ4v) is 2.61. The van der Waals surface area contributed by atoms with Gasteiger partial charge >= 0.3 is 0 Å². The summed E-state index contributed by atoms with van der Waals surface area (Å²) in [5.74, 6) is -0.514. The van der Waals surface area contributed by atoms with Crippen LogP contribution >= 0.6 is 0 Å². The second-order valence-electron chi connectivity index (χ2n) is 5.56. The van der Waals surface area contributed by atoms with Gasteiger partial charge in [-0.2, -0.15) is 0 Å². The van der Waals surface area contributed by atoms with Gasteiger partial charge in [0.15, 0.2) is 0 Å². The number of aromatic nitrogens is 1. The Kier molecular flexibility index (Phi) is 4.82. The zero-order valence-corrected chi connectivity index (χ0v) is 13.2. The van der Waals surface area contributed by atoms with Crippen LogP contribution in [0.5, 0.6) is 0 Å². The van der Waals surface area contributed by atoms with Crippen molar-refractivity contribution in [1.82, 2.24) is 9.88 Å². The van der Waals surface area contributed by atoms with Crippen LogP contribution in [0.25, 0.3) is 10.9 Å².